The maximum atomic E-state index is 11.3. The third-order valence-electron chi connectivity index (χ3n) is 4.24. The molecule has 0 fully saturated rings. The van der Waals surface area contributed by atoms with Gasteiger partial charge in [-0.25, -0.2) is 8.42 Å². The second kappa shape index (κ2) is 16.8. The van der Waals surface area contributed by atoms with Crippen molar-refractivity contribution in [2.24, 2.45) is 5.73 Å². The van der Waals surface area contributed by atoms with Crippen LogP contribution in [0.15, 0.2) is 0 Å². The van der Waals surface area contributed by atoms with Crippen molar-refractivity contribution in [2.45, 2.75) is 88.7 Å². The first-order chi connectivity index (χ1) is 11.2. The van der Waals surface area contributed by atoms with Gasteiger partial charge in [-0.05, 0) is 6.42 Å². The maximum absolute atomic E-state index is 11.3. The molecule has 1 unspecified atom stereocenters. The number of unbranched alkanes of at least 4 members (excludes halogenated alkanes) is 9. The average molecular weight is 409 g/mol. The van der Waals surface area contributed by atoms with Crippen molar-refractivity contribution < 1.29 is 86.8 Å². The summed E-state index contributed by atoms with van der Waals surface area (Å²) in [7, 11) is -5.24. The van der Waals surface area contributed by atoms with Gasteiger partial charge >= 0.3 is 59.1 Å². The van der Waals surface area contributed by atoms with Gasteiger partial charge in [0.15, 0.2) is 0 Å². The number of aliphatic carboxylic acids is 1. The second-order valence-electron chi connectivity index (χ2n) is 6.31. The Bertz CT molecular complexity index is 501. The molecule has 0 saturated carbocycles. The van der Waals surface area contributed by atoms with Crippen LogP contribution >= 0.6 is 0 Å². The number of hydrogen-bond acceptors (Lipinski definition) is 6. The Morgan fingerprint density at radius 1 is 0.885 bits per heavy atom. The predicted molar refractivity (Wildman–Crippen MR) is 87.7 cm³/mol. The van der Waals surface area contributed by atoms with Crippen molar-refractivity contribution in [2.75, 3.05) is 0 Å². The molecule has 2 N–H and O–H groups in total. The number of carboxylic acids is 1. The third-order valence-corrected chi connectivity index (χ3v) is 5.72. The monoisotopic (exact) mass is 409 g/mol. The summed E-state index contributed by atoms with van der Waals surface area (Å²) in [6, 6.07) is 0. The fourth-order valence-corrected chi connectivity index (χ4v) is 3.68. The molecule has 10 heteroatoms. The molecule has 0 aromatic rings. The molecular weight excluding hydrogens is 380 g/mol. The summed E-state index contributed by atoms with van der Waals surface area (Å²) < 4.78 is 31.3. The molecule has 0 aliphatic heterocycles. The first-order valence-corrected chi connectivity index (χ1v) is 10.0. The molecule has 1 atom stereocenters. The van der Waals surface area contributed by atoms with Crippen LogP contribution in [0.5, 0.6) is 0 Å². The summed E-state index contributed by atoms with van der Waals surface area (Å²) in [5, 5.41) is 11.2. The van der Waals surface area contributed by atoms with Crippen LogP contribution in [0.4, 0.5) is 0 Å². The van der Waals surface area contributed by atoms with E-state index in [1.165, 1.54) is 25.7 Å². The molecule has 0 aromatic heterocycles. The van der Waals surface area contributed by atoms with Gasteiger partial charge in [0.2, 0.25) is 5.91 Å². The summed E-state index contributed by atoms with van der Waals surface area (Å²) in [4.78, 5) is 22.2. The number of amides is 1. The molecule has 0 bridgehead atoms. The van der Waals surface area contributed by atoms with E-state index in [4.69, 9.17) is 5.73 Å². The standard InChI is InChI=1S/C16H31NO6S.2Na/c1-2-3-4-5-6-7-8-9-10-11-12-16(15(19)20,13-14(17)18)24(21,22)23;;/h2-13H2,1H3,(H2,17,18)(H,19,20)(H,21,22,23);;/q;2*+1/p-2. The predicted octanol–water partition coefficient (Wildman–Crippen LogP) is -4.79. The fourth-order valence-electron chi connectivity index (χ4n) is 2.76. The molecule has 0 saturated heterocycles. The molecule has 142 valence electrons. The molecule has 0 rings (SSSR count). The van der Waals surface area contributed by atoms with E-state index in [0.29, 0.717) is 6.42 Å². The van der Waals surface area contributed by atoms with E-state index in [2.05, 4.69) is 6.92 Å². The smallest absolute Gasteiger partial charge is 0.747 e. The van der Waals surface area contributed by atoms with Crippen LogP contribution in [-0.2, 0) is 19.7 Å². The summed E-state index contributed by atoms with van der Waals surface area (Å²) in [5.74, 6) is -3.20. The Balaban J connectivity index is -0.00000264. The van der Waals surface area contributed by atoms with Crippen LogP contribution in [0.25, 0.3) is 0 Å². The van der Waals surface area contributed by atoms with Crippen LogP contribution < -0.4 is 70.0 Å². The Morgan fingerprint density at radius 3 is 1.58 bits per heavy atom. The van der Waals surface area contributed by atoms with Gasteiger partial charge in [0.1, 0.15) is 14.9 Å². The molecule has 0 aromatic carbocycles. The largest absolute Gasteiger partial charge is 1.00 e. The molecule has 0 heterocycles. The van der Waals surface area contributed by atoms with Crippen LogP contribution in [0.2, 0.25) is 0 Å². The SMILES string of the molecule is CCCCCCCCCCCCC(CC(N)=O)(C(=O)[O-])S(=O)(=O)[O-].[Na+].[Na+]. The summed E-state index contributed by atoms with van der Waals surface area (Å²) >= 11 is 0. The van der Waals surface area contributed by atoms with Gasteiger partial charge in [-0.2, -0.15) is 0 Å². The van der Waals surface area contributed by atoms with E-state index in [0.717, 1.165) is 25.7 Å². The number of nitrogens with two attached hydrogens (primary N) is 1. The molecule has 1 amide bonds. The Kier molecular flexibility index (Phi) is 20.3. The van der Waals surface area contributed by atoms with Gasteiger partial charge in [-0.15, -0.1) is 0 Å². The zero-order valence-corrected chi connectivity index (χ0v) is 21.2. The van der Waals surface area contributed by atoms with E-state index in [-0.39, 0.29) is 65.5 Å². The molecule has 26 heavy (non-hydrogen) atoms. The molecule has 0 aliphatic rings. The van der Waals surface area contributed by atoms with Gasteiger partial charge in [0, 0.05) is 0 Å². The van der Waals surface area contributed by atoms with Crippen LogP contribution in [-0.4, -0.2) is 29.6 Å². The molecule has 7 nitrogen and oxygen atoms in total. The van der Waals surface area contributed by atoms with E-state index in [1.807, 2.05) is 0 Å². The van der Waals surface area contributed by atoms with Crippen LogP contribution in [0.3, 0.4) is 0 Å². The first kappa shape index (κ1) is 31.5. The van der Waals surface area contributed by atoms with Crippen LogP contribution in [0, 0.1) is 0 Å². The zero-order chi connectivity index (χ0) is 18.6. The van der Waals surface area contributed by atoms with Gasteiger partial charge in [-0.1, -0.05) is 71.1 Å². The zero-order valence-electron chi connectivity index (χ0n) is 16.4. The van der Waals surface area contributed by atoms with Crippen LogP contribution in [0.1, 0.15) is 84.0 Å². The van der Waals surface area contributed by atoms with Crippen molar-refractivity contribution >= 4 is 22.0 Å². The first-order valence-electron chi connectivity index (χ1n) is 8.62. The molecule has 0 aliphatic carbocycles. The normalized spacial score (nSPS) is 13.2. The summed E-state index contributed by atoms with van der Waals surface area (Å²) in [5.41, 5.74) is 4.90. The van der Waals surface area contributed by atoms with Gasteiger partial charge in [0.25, 0.3) is 0 Å². The number of rotatable bonds is 15. The molecular formula is C16H29NNa2O6S. The third kappa shape index (κ3) is 12.3. The summed E-state index contributed by atoms with van der Waals surface area (Å²) in [6.45, 7) is 2.16. The Morgan fingerprint density at radius 2 is 1.27 bits per heavy atom. The van der Waals surface area contributed by atoms with E-state index >= 15 is 0 Å². The minimum Gasteiger partial charge on any atom is -0.747 e. The summed E-state index contributed by atoms with van der Waals surface area (Å²) in [6.07, 6.45) is 8.25. The topological polar surface area (TPSA) is 140 Å². The number of carboxylic acid groups (broad SMARTS) is 1. The van der Waals surface area contributed by atoms with Crippen molar-refractivity contribution in [1.82, 2.24) is 0 Å². The number of carbonyl (C=O) groups is 2. The second-order valence-corrected chi connectivity index (χ2v) is 8.00. The quantitative estimate of drug-likeness (QED) is 0.164. The van der Waals surface area contributed by atoms with Crippen molar-refractivity contribution in [3.63, 3.8) is 0 Å². The minimum absolute atomic E-state index is 0. The van der Waals surface area contributed by atoms with E-state index in [1.54, 1.807) is 0 Å². The molecule has 0 spiro atoms. The number of carbonyl (C=O) groups excluding carboxylic acids is 2. The van der Waals surface area contributed by atoms with E-state index < -0.39 is 39.6 Å². The maximum Gasteiger partial charge on any atom is 1.00 e. The minimum atomic E-state index is -5.24. The van der Waals surface area contributed by atoms with Gasteiger partial charge < -0.3 is 20.2 Å². The van der Waals surface area contributed by atoms with Gasteiger partial charge in [-0.3, -0.25) is 4.79 Å². The van der Waals surface area contributed by atoms with Gasteiger partial charge in [0.05, 0.1) is 12.4 Å². The van der Waals surface area contributed by atoms with Crippen molar-refractivity contribution in [3.05, 3.63) is 0 Å². The number of primary amides is 1. The Hall–Kier alpha value is 0.850. The van der Waals surface area contributed by atoms with Crippen molar-refractivity contribution in [3.8, 4) is 0 Å². The van der Waals surface area contributed by atoms with Crippen molar-refractivity contribution in [1.29, 1.82) is 0 Å². The number of hydrogen-bond donors (Lipinski definition) is 1. The molecule has 0 radical (unpaired) electrons. The average Bonchev–Trinajstić information content (AvgIpc) is 2.46. The fraction of sp³-hybridized carbons (Fsp3) is 0.875. The Labute approximate surface area is 201 Å². The van der Waals surface area contributed by atoms with E-state index in [9.17, 15) is 27.7 Å².